The van der Waals surface area contributed by atoms with E-state index < -0.39 is 53.6 Å². The molecular weight excluding hydrogens is 604 g/mol. The SMILES string of the molecule is CCCCCn1c(COc2ccc(Cl)cc2)nnc1S[C@@H]1O[C@H](COC(C)=O)[C@@H](OC(C)=O)[C@H](OC(C)=O)[C@H]1NC(C)=O. The predicted molar refractivity (Wildman–Crippen MR) is 155 cm³/mol. The second-order valence-electron chi connectivity index (χ2n) is 9.84. The number of ether oxygens (including phenoxy) is 5. The summed E-state index contributed by atoms with van der Waals surface area (Å²) in [4.78, 5) is 48.1. The van der Waals surface area contributed by atoms with Gasteiger partial charge in [-0.25, -0.2) is 0 Å². The van der Waals surface area contributed by atoms with Gasteiger partial charge < -0.3 is 33.6 Å². The molecular formula is C28H37ClN4O9S. The largest absolute Gasteiger partial charge is 0.486 e. The first-order valence-electron chi connectivity index (χ1n) is 13.9. The number of nitrogens with one attached hydrogen (secondary N) is 1. The molecule has 1 amide bonds. The molecule has 0 bridgehead atoms. The number of esters is 3. The van der Waals surface area contributed by atoms with Gasteiger partial charge in [0.05, 0.1) is 0 Å². The van der Waals surface area contributed by atoms with Crippen molar-refractivity contribution >= 4 is 47.2 Å². The minimum atomic E-state index is -1.18. The number of benzene rings is 1. The van der Waals surface area contributed by atoms with Crippen molar-refractivity contribution in [1.82, 2.24) is 20.1 Å². The third kappa shape index (κ3) is 10.4. The summed E-state index contributed by atoms with van der Waals surface area (Å²) in [6.07, 6.45) is -0.560. The monoisotopic (exact) mass is 640 g/mol. The molecule has 13 nitrogen and oxygen atoms in total. The molecule has 5 atom stereocenters. The molecule has 2 aromatic rings. The molecule has 1 fully saturated rings. The summed E-state index contributed by atoms with van der Waals surface area (Å²) < 4.78 is 30.4. The third-order valence-corrected chi connectivity index (χ3v) is 7.65. The van der Waals surface area contributed by atoms with Crippen molar-refractivity contribution < 1.29 is 42.9 Å². The second kappa shape index (κ2) is 16.5. The van der Waals surface area contributed by atoms with Gasteiger partial charge in [-0.15, -0.1) is 10.2 Å². The van der Waals surface area contributed by atoms with E-state index in [2.05, 4.69) is 22.4 Å². The fourth-order valence-corrected chi connectivity index (χ4v) is 5.74. The number of rotatable bonds is 14. The van der Waals surface area contributed by atoms with Gasteiger partial charge in [0.25, 0.3) is 0 Å². The number of carbonyl (C=O) groups is 4. The van der Waals surface area contributed by atoms with Gasteiger partial charge in [0.15, 0.2) is 23.2 Å². The topological polar surface area (TPSA) is 157 Å². The van der Waals surface area contributed by atoms with Crippen molar-refractivity contribution in [2.75, 3.05) is 6.61 Å². The zero-order valence-corrected chi connectivity index (χ0v) is 26.3. The quantitative estimate of drug-likeness (QED) is 0.182. The molecule has 1 saturated heterocycles. The number of thioether (sulfide) groups is 1. The number of amides is 1. The van der Waals surface area contributed by atoms with Crippen LogP contribution in [0.25, 0.3) is 0 Å². The van der Waals surface area contributed by atoms with Crippen LogP contribution < -0.4 is 10.1 Å². The first-order chi connectivity index (χ1) is 20.5. The standard InChI is InChI=1S/C28H37ClN4O9S/c1-6-7-8-13-33-23(15-39-21-11-9-20(29)10-12-21)31-32-28(33)43-27-24(30-16(2)34)26(41-19(5)37)25(40-18(4)36)22(42-27)14-38-17(3)35/h9-12,22,24-27H,6-8,13-15H2,1-5H3,(H,30,34)/t22-,24-,25-,26-,27+/m1/s1. The smallest absolute Gasteiger partial charge is 0.303 e. The summed E-state index contributed by atoms with van der Waals surface area (Å²) in [6.45, 7) is 7.43. The number of unbranched alkanes of at least 4 members (excludes halogenated alkanes) is 2. The highest BCUT2D eigenvalue weighted by molar-refractivity contribution is 7.99. The maximum Gasteiger partial charge on any atom is 0.303 e. The van der Waals surface area contributed by atoms with Crippen LogP contribution in [-0.4, -0.2) is 75.0 Å². The minimum Gasteiger partial charge on any atom is -0.486 e. The Hall–Kier alpha value is -3.36. The average Bonchev–Trinajstić information content (AvgIpc) is 3.31. The van der Waals surface area contributed by atoms with E-state index in [1.807, 2.05) is 4.57 Å². The van der Waals surface area contributed by atoms with Gasteiger partial charge in [-0.3, -0.25) is 19.2 Å². The molecule has 15 heteroatoms. The number of carbonyl (C=O) groups excluding carboxylic acids is 4. The number of hydrogen-bond acceptors (Lipinski definition) is 12. The third-order valence-electron chi connectivity index (χ3n) is 6.25. The van der Waals surface area contributed by atoms with E-state index in [9.17, 15) is 19.2 Å². The first kappa shape index (κ1) is 34.1. The lowest BCUT2D eigenvalue weighted by Gasteiger charge is -2.44. The molecule has 1 aliphatic heterocycles. The fraction of sp³-hybridized carbons (Fsp3) is 0.571. The lowest BCUT2D eigenvalue weighted by molar-refractivity contribution is -0.211. The van der Waals surface area contributed by atoms with E-state index in [4.69, 9.17) is 35.3 Å². The van der Waals surface area contributed by atoms with Crippen LogP contribution in [0.5, 0.6) is 5.75 Å². The number of hydrogen-bond donors (Lipinski definition) is 1. The molecule has 0 unspecified atom stereocenters. The number of nitrogens with zero attached hydrogens (tertiary/aromatic N) is 3. The average molecular weight is 641 g/mol. The maximum absolute atomic E-state index is 12.3. The zero-order valence-electron chi connectivity index (χ0n) is 24.7. The van der Waals surface area contributed by atoms with Gasteiger partial charge in [0, 0.05) is 39.3 Å². The van der Waals surface area contributed by atoms with Crippen LogP contribution >= 0.6 is 23.4 Å². The fourth-order valence-electron chi connectivity index (χ4n) is 4.43. The van der Waals surface area contributed by atoms with Crippen LogP contribution in [0.15, 0.2) is 29.4 Å². The van der Waals surface area contributed by atoms with Crippen LogP contribution in [0.1, 0.15) is 59.7 Å². The second-order valence-corrected chi connectivity index (χ2v) is 11.3. The highest BCUT2D eigenvalue weighted by Crippen LogP contribution is 2.36. The Kier molecular flexibility index (Phi) is 13.1. The van der Waals surface area contributed by atoms with Crippen molar-refractivity contribution in [1.29, 1.82) is 0 Å². The van der Waals surface area contributed by atoms with Crippen molar-refractivity contribution in [3.8, 4) is 5.75 Å². The highest BCUT2D eigenvalue weighted by atomic mass is 35.5. The Bertz CT molecular complexity index is 1260. The first-order valence-corrected chi connectivity index (χ1v) is 15.1. The van der Waals surface area contributed by atoms with E-state index in [1.54, 1.807) is 24.3 Å². The van der Waals surface area contributed by atoms with Crippen LogP contribution in [0, 0.1) is 0 Å². The molecule has 0 saturated carbocycles. The molecule has 3 rings (SSSR count). The van der Waals surface area contributed by atoms with Crippen LogP contribution in [0.2, 0.25) is 5.02 Å². The van der Waals surface area contributed by atoms with Crippen LogP contribution in [0.3, 0.4) is 0 Å². The minimum absolute atomic E-state index is 0.127. The van der Waals surface area contributed by atoms with E-state index in [0.29, 0.717) is 28.3 Å². The molecule has 2 heterocycles. The Labute approximate surface area is 259 Å². The maximum atomic E-state index is 12.3. The Morgan fingerprint density at radius 1 is 0.977 bits per heavy atom. The Balaban J connectivity index is 1.96. The van der Waals surface area contributed by atoms with Crippen LogP contribution in [-0.2, 0) is 51.3 Å². The van der Waals surface area contributed by atoms with Gasteiger partial charge in [0.1, 0.15) is 36.5 Å². The van der Waals surface area contributed by atoms with Crippen molar-refractivity contribution in [3.63, 3.8) is 0 Å². The lowest BCUT2D eigenvalue weighted by atomic mass is 9.97. The van der Waals surface area contributed by atoms with Crippen LogP contribution in [0.4, 0.5) is 0 Å². The van der Waals surface area contributed by atoms with E-state index in [0.717, 1.165) is 31.0 Å². The molecule has 0 spiro atoms. The summed E-state index contributed by atoms with van der Waals surface area (Å²) in [6, 6.07) is 5.98. The van der Waals surface area contributed by atoms with Gasteiger partial charge in [-0.05, 0) is 30.7 Å². The summed E-state index contributed by atoms with van der Waals surface area (Å²) in [5, 5.41) is 12.6. The molecule has 0 radical (unpaired) electrons. The molecule has 236 valence electrons. The normalized spacial score (nSPS) is 21.5. The number of halogens is 1. The molecule has 43 heavy (non-hydrogen) atoms. The predicted octanol–water partition coefficient (Wildman–Crippen LogP) is 3.45. The Morgan fingerprint density at radius 3 is 2.26 bits per heavy atom. The van der Waals surface area contributed by atoms with Crippen molar-refractivity contribution in [3.05, 3.63) is 35.1 Å². The van der Waals surface area contributed by atoms with Gasteiger partial charge in [0.2, 0.25) is 5.91 Å². The molecule has 1 aromatic heterocycles. The summed E-state index contributed by atoms with van der Waals surface area (Å²) in [5.74, 6) is -1.18. The van der Waals surface area contributed by atoms with Gasteiger partial charge >= 0.3 is 17.9 Å². The summed E-state index contributed by atoms with van der Waals surface area (Å²) >= 11 is 7.12. The molecule has 0 aliphatic carbocycles. The van der Waals surface area contributed by atoms with Gasteiger partial charge in [-0.1, -0.05) is 43.1 Å². The molecule has 1 N–H and O–H groups in total. The number of aromatic nitrogens is 3. The van der Waals surface area contributed by atoms with Crippen molar-refractivity contribution in [2.24, 2.45) is 0 Å². The Morgan fingerprint density at radius 2 is 1.65 bits per heavy atom. The van der Waals surface area contributed by atoms with E-state index >= 15 is 0 Å². The van der Waals surface area contributed by atoms with E-state index in [1.165, 1.54) is 27.7 Å². The molecule has 1 aliphatic rings. The zero-order chi connectivity index (χ0) is 31.5. The summed E-state index contributed by atoms with van der Waals surface area (Å²) in [7, 11) is 0. The molecule has 1 aromatic carbocycles. The highest BCUT2D eigenvalue weighted by Gasteiger charge is 2.51. The van der Waals surface area contributed by atoms with Gasteiger partial charge in [-0.2, -0.15) is 0 Å². The van der Waals surface area contributed by atoms with Crippen molar-refractivity contribution in [2.45, 2.75) is 102 Å². The summed E-state index contributed by atoms with van der Waals surface area (Å²) in [5.41, 5.74) is -0.917. The lowest BCUT2D eigenvalue weighted by Crippen LogP contribution is -2.65. The van der Waals surface area contributed by atoms with E-state index in [-0.39, 0.29) is 13.2 Å².